The van der Waals surface area contributed by atoms with Gasteiger partial charge in [0.15, 0.2) is 0 Å². The Hall–Kier alpha value is -0.770. The molecular weight excluding hydrogens is 230 g/mol. The summed E-state index contributed by atoms with van der Waals surface area (Å²) in [5.74, 6) is 0.159. The van der Waals surface area contributed by atoms with E-state index >= 15 is 0 Å². The van der Waals surface area contributed by atoms with Gasteiger partial charge in [0, 0.05) is 17.7 Å². The molecular formula is C14H27NO3. The minimum atomic E-state index is -0.878. The third-order valence-corrected chi connectivity index (χ3v) is 4.96. The number of rotatable bonds is 2. The van der Waals surface area contributed by atoms with Gasteiger partial charge in [-0.3, -0.25) is 4.90 Å². The molecule has 2 N–H and O–H groups in total. The van der Waals surface area contributed by atoms with Gasteiger partial charge in [-0.1, -0.05) is 13.8 Å². The fourth-order valence-corrected chi connectivity index (χ4v) is 3.54. The second kappa shape index (κ2) is 4.41. The van der Waals surface area contributed by atoms with Gasteiger partial charge in [0.05, 0.1) is 0 Å². The molecule has 18 heavy (non-hydrogen) atoms. The molecule has 0 bridgehead atoms. The maximum Gasteiger partial charge on any atom is 0.408 e. The zero-order chi connectivity index (χ0) is 14.4. The smallest absolute Gasteiger partial charge is 0.408 e. The van der Waals surface area contributed by atoms with Gasteiger partial charge in [-0.25, -0.2) is 4.79 Å². The second-order valence-corrected chi connectivity index (χ2v) is 7.20. The lowest BCUT2D eigenvalue weighted by Crippen LogP contribution is -2.63. The van der Waals surface area contributed by atoms with E-state index in [1.54, 1.807) is 4.90 Å². The fraction of sp³-hybridized carbons (Fsp3) is 0.929. The maximum absolute atomic E-state index is 11.7. The molecule has 0 aromatic rings. The summed E-state index contributed by atoms with van der Waals surface area (Å²) < 4.78 is 0. The van der Waals surface area contributed by atoms with Gasteiger partial charge in [0.2, 0.25) is 0 Å². The zero-order valence-electron chi connectivity index (χ0n) is 12.4. The molecule has 0 spiro atoms. The Morgan fingerprint density at radius 3 is 2.11 bits per heavy atom. The van der Waals surface area contributed by atoms with E-state index in [-0.39, 0.29) is 17.9 Å². The zero-order valence-corrected chi connectivity index (χ0v) is 12.4. The molecule has 4 heteroatoms. The van der Waals surface area contributed by atoms with Crippen LogP contribution in [-0.4, -0.2) is 38.9 Å². The van der Waals surface area contributed by atoms with E-state index in [0.717, 1.165) is 12.8 Å². The maximum atomic E-state index is 11.7. The molecule has 2 atom stereocenters. The van der Waals surface area contributed by atoms with Crippen LogP contribution >= 0.6 is 0 Å². The first kappa shape index (κ1) is 15.3. The van der Waals surface area contributed by atoms with E-state index in [2.05, 4.69) is 13.8 Å². The minimum Gasteiger partial charge on any atom is -0.465 e. The van der Waals surface area contributed by atoms with Gasteiger partial charge in [0.25, 0.3) is 0 Å². The van der Waals surface area contributed by atoms with Crippen molar-refractivity contribution in [2.75, 3.05) is 6.61 Å². The van der Waals surface area contributed by atoms with Crippen LogP contribution in [0.4, 0.5) is 4.79 Å². The summed E-state index contributed by atoms with van der Waals surface area (Å²) in [6, 6.07) is 0. The van der Waals surface area contributed by atoms with Crippen molar-refractivity contribution in [1.82, 2.24) is 4.90 Å². The summed E-state index contributed by atoms with van der Waals surface area (Å²) in [5.41, 5.74) is -1.11. The number of nitrogens with zero attached hydrogens (tertiary/aromatic N) is 1. The summed E-state index contributed by atoms with van der Waals surface area (Å²) in [4.78, 5) is 13.3. The van der Waals surface area contributed by atoms with Crippen LogP contribution in [-0.2, 0) is 0 Å². The number of carbonyl (C=O) groups is 1. The van der Waals surface area contributed by atoms with Crippen molar-refractivity contribution in [2.45, 2.75) is 65.5 Å². The largest absolute Gasteiger partial charge is 0.465 e. The van der Waals surface area contributed by atoms with Crippen molar-refractivity contribution in [3.63, 3.8) is 0 Å². The molecule has 1 amide bonds. The Morgan fingerprint density at radius 1 is 1.33 bits per heavy atom. The van der Waals surface area contributed by atoms with E-state index in [1.807, 2.05) is 27.7 Å². The number of aliphatic hydroxyl groups is 1. The molecule has 0 unspecified atom stereocenters. The van der Waals surface area contributed by atoms with Crippen LogP contribution in [0.3, 0.4) is 0 Å². The van der Waals surface area contributed by atoms with E-state index in [1.165, 1.54) is 0 Å². The summed E-state index contributed by atoms with van der Waals surface area (Å²) in [5, 5.41) is 19.1. The van der Waals surface area contributed by atoms with E-state index in [9.17, 15) is 15.0 Å². The Morgan fingerprint density at radius 2 is 1.83 bits per heavy atom. The number of hydrogen-bond donors (Lipinski definition) is 2. The second-order valence-electron chi connectivity index (χ2n) is 7.20. The Labute approximate surface area is 110 Å². The quantitative estimate of drug-likeness (QED) is 0.799. The van der Waals surface area contributed by atoms with Crippen molar-refractivity contribution in [2.24, 2.45) is 11.3 Å². The van der Waals surface area contributed by atoms with Crippen LogP contribution in [0.25, 0.3) is 0 Å². The summed E-state index contributed by atoms with van der Waals surface area (Å²) in [6.45, 7) is 12.1. The van der Waals surface area contributed by atoms with Crippen LogP contribution in [0.15, 0.2) is 0 Å². The highest BCUT2D eigenvalue weighted by atomic mass is 16.4. The van der Waals surface area contributed by atoms with Gasteiger partial charge in [-0.15, -0.1) is 0 Å². The summed E-state index contributed by atoms with van der Waals surface area (Å²) in [7, 11) is 0. The van der Waals surface area contributed by atoms with Crippen LogP contribution in [0.2, 0.25) is 0 Å². The predicted molar refractivity (Wildman–Crippen MR) is 71.6 cm³/mol. The normalized spacial score (nSPS) is 31.4. The molecule has 0 aromatic carbocycles. The molecule has 0 saturated heterocycles. The Balaban J connectivity index is 3.24. The Bertz CT molecular complexity index is 332. The first-order valence-electron chi connectivity index (χ1n) is 6.62. The average Bonchev–Trinajstić information content (AvgIpc) is 2.35. The number of hydrogen-bond acceptors (Lipinski definition) is 2. The molecule has 4 nitrogen and oxygen atoms in total. The van der Waals surface area contributed by atoms with Crippen molar-refractivity contribution in [3.05, 3.63) is 0 Å². The molecule has 1 rings (SSSR count). The lowest BCUT2D eigenvalue weighted by atomic mass is 9.69. The van der Waals surface area contributed by atoms with E-state index < -0.39 is 17.2 Å². The first-order valence-corrected chi connectivity index (χ1v) is 6.62. The molecule has 0 radical (unpaired) electrons. The lowest BCUT2D eigenvalue weighted by molar-refractivity contribution is -0.0421. The first-order chi connectivity index (χ1) is 7.98. The van der Waals surface area contributed by atoms with Crippen molar-refractivity contribution >= 4 is 6.09 Å². The van der Waals surface area contributed by atoms with Crippen LogP contribution in [0.5, 0.6) is 0 Å². The van der Waals surface area contributed by atoms with Crippen LogP contribution < -0.4 is 0 Å². The van der Waals surface area contributed by atoms with E-state index in [0.29, 0.717) is 0 Å². The van der Waals surface area contributed by atoms with Gasteiger partial charge in [-0.05, 0) is 51.9 Å². The molecule has 106 valence electrons. The summed E-state index contributed by atoms with van der Waals surface area (Å²) in [6.07, 6.45) is 0.797. The molecule has 0 heterocycles. The monoisotopic (exact) mass is 257 g/mol. The molecule has 1 aliphatic rings. The van der Waals surface area contributed by atoms with Crippen LogP contribution in [0, 0.1) is 11.3 Å². The summed E-state index contributed by atoms with van der Waals surface area (Å²) >= 11 is 0. The van der Waals surface area contributed by atoms with Gasteiger partial charge in [-0.2, -0.15) is 0 Å². The minimum absolute atomic E-state index is 0.125. The topological polar surface area (TPSA) is 60.8 Å². The SMILES string of the molecule is CC(C)(C)N(C(=O)O)[C@]1(C)CC[C@H](CO)C1(C)C. The fourth-order valence-electron chi connectivity index (χ4n) is 3.54. The highest BCUT2D eigenvalue weighted by Crippen LogP contribution is 2.54. The molecule has 1 aliphatic carbocycles. The van der Waals surface area contributed by atoms with Crippen molar-refractivity contribution < 1.29 is 15.0 Å². The lowest BCUT2D eigenvalue weighted by Gasteiger charge is -2.53. The molecule has 0 aliphatic heterocycles. The van der Waals surface area contributed by atoms with Gasteiger partial charge in [0.1, 0.15) is 0 Å². The van der Waals surface area contributed by atoms with Gasteiger partial charge >= 0.3 is 6.09 Å². The number of carboxylic acid groups (broad SMARTS) is 1. The van der Waals surface area contributed by atoms with Crippen molar-refractivity contribution in [3.8, 4) is 0 Å². The van der Waals surface area contributed by atoms with Gasteiger partial charge < -0.3 is 10.2 Å². The van der Waals surface area contributed by atoms with Crippen LogP contribution in [0.1, 0.15) is 54.4 Å². The standard InChI is InChI=1S/C14H27NO3/c1-12(2,3)15(11(17)18)14(6)8-7-10(9-16)13(14,4)5/h10,16H,7-9H2,1-6H3,(H,17,18)/t10-,14-/m1/s1. The molecule has 0 aromatic heterocycles. The molecule has 1 fully saturated rings. The third-order valence-electron chi connectivity index (χ3n) is 4.96. The Kier molecular flexibility index (Phi) is 3.74. The predicted octanol–water partition coefficient (Wildman–Crippen LogP) is 2.95. The van der Waals surface area contributed by atoms with Crippen molar-refractivity contribution in [1.29, 1.82) is 0 Å². The number of aliphatic hydroxyl groups excluding tert-OH is 1. The number of amides is 1. The molecule has 1 saturated carbocycles. The van der Waals surface area contributed by atoms with E-state index in [4.69, 9.17) is 0 Å². The highest BCUT2D eigenvalue weighted by Gasteiger charge is 2.57. The highest BCUT2D eigenvalue weighted by molar-refractivity contribution is 5.67. The third kappa shape index (κ3) is 2.11. The average molecular weight is 257 g/mol.